The molecule has 2 aliphatic rings. The summed E-state index contributed by atoms with van der Waals surface area (Å²) in [6.07, 6.45) is 1.05. The van der Waals surface area contributed by atoms with Gasteiger partial charge in [0.05, 0.1) is 12.0 Å². The van der Waals surface area contributed by atoms with Crippen molar-refractivity contribution in [2.24, 2.45) is 10.9 Å². The third kappa shape index (κ3) is 3.96. The number of nitrogens with zero attached hydrogens (tertiary/aromatic N) is 2. The van der Waals surface area contributed by atoms with Crippen molar-refractivity contribution >= 4 is 35.5 Å². The first kappa shape index (κ1) is 21.0. The SMILES string of the molecule is CC[C@H]1C(=O)N2C(C(=O)O)=C(SC[C@@H](N=C(C)[O-])C(=O)O)C[C@H]12.[Na+]. The molecule has 1 fully saturated rings. The number of β-lactam (4-membered cyclic amide) rings is 1. The average molecular weight is 364 g/mol. The van der Waals surface area contributed by atoms with Crippen LogP contribution in [-0.2, 0) is 14.4 Å². The van der Waals surface area contributed by atoms with Crippen LogP contribution in [0.15, 0.2) is 15.6 Å². The number of fused-ring (bicyclic) bond motifs is 1. The third-order valence-electron chi connectivity index (χ3n) is 3.93. The van der Waals surface area contributed by atoms with Crippen LogP contribution in [0, 0.1) is 5.92 Å². The van der Waals surface area contributed by atoms with Crippen molar-refractivity contribution in [1.82, 2.24) is 4.90 Å². The largest absolute Gasteiger partial charge is 1.00 e. The number of thioether (sulfide) groups is 1. The van der Waals surface area contributed by atoms with Gasteiger partial charge in [0.25, 0.3) is 0 Å². The van der Waals surface area contributed by atoms with Crippen molar-refractivity contribution in [2.45, 2.75) is 38.8 Å². The molecule has 2 N–H and O–H groups in total. The van der Waals surface area contributed by atoms with E-state index in [1.54, 1.807) is 0 Å². The standard InChI is InChI=1S/C14H18N2O6S.Na/c1-3-7-9-4-10(11(14(21)22)16(9)12(7)18)23-5-8(13(19)20)15-6(2)17;/h7-9H,3-5H2,1-2H3,(H,15,17)(H,19,20)(H,21,22);/q;+1/p-1/t7-,8-,9-;/m1./s1. The van der Waals surface area contributed by atoms with E-state index in [0.717, 1.165) is 18.7 Å². The number of hydrogen-bond acceptors (Lipinski definition) is 6. The first-order valence-corrected chi connectivity index (χ1v) is 8.13. The Morgan fingerprint density at radius 3 is 2.54 bits per heavy atom. The number of aliphatic imine (C=N–C) groups is 1. The van der Waals surface area contributed by atoms with Gasteiger partial charge in [-0.25, -0.2) is 9.59 Å². The summed E-state index contributed by atoms with van der Waals surface area (Å²) in [6.45, 7) is 3.03. The Balaban J connectivity index is 0.00000288. The quantitative estimate of drug-likeness (QED) is 0.212. The molecule has 10 heteroatoms. The minimum atomic E-state index is -1.24. The molecule has 2 rings (SSSR count). The van der Waals surface area contributed by atoms with Gasteiger partial charge in [-0.1, -0.05) is 6.92 Å². The van der Waals surface area contributed by atoms with E-state index in [2.05, 4.69) is 4.99 Å². The van der Waals surface area contributed by atoms with Gasteiger partial charge < -0.3 is 20.2 Å². The van der Waals surface area contributed by atoms with Crippen molar-refractivity contribution in [3.63, 3.8) is 0 Å². The van der Waals surface area contributed by atoms with Gasteiger partial charge >= 0.3 is 41.5 Å². The molecule has 8 nitrogen and oxygen atoms in total. The summed E-state index contributed by atoms with van der Waals surface area (Å²) in [5.74, 6) is -3.47. The van der Waals surface area contributed by atoms with E-state index in [1.165, 1.54) is 4.90 Å². The van der Waals surface area contributed by atoms with Crippen molar-refractivity contribution in [3.8, 4) is 0 Å². The van der Waals surface area contributed by atoms with Crippen LogP contribution in [0.5, 0.6) is 0 Å². The van der Waals surface area contributed by atoms with Crippen LogP contribution >= 0.6 is 11.8 Å². The molecule has 0 bridgehead atoms. The smallest absolute Gasteiger partial charge is 0.862 e. The molecule has 126 valence electrons. The Kier molecular flexibility index (Phi) is 7.33. The first-order valence-electron chi connectivity index (χ1n) is 7.14. The second kappa shape index (κ2) is 8.37. The van der Waals surface area contributed by atoms with E-state index in [0.29, 0.717) is 17.7 Å². The van der Waals surface area contributed by atoms with Crippen LogP contribution in [-0.4, -0.2) is 56.7 Å². The summed E-state index contributed by atoms with van der Waals surface area (Å²) >= 11 is 1.04. The Bertz CT molecular complexity index is 616. The zero-order valence-corrected chi connectivity index (χ0v) is 16.5. The fourth-order valence-electron chi connectivity index (χ4n) is 2.89. The summed E-state index contributed by atoms with van der Waals surface area (Å²) in [6, 6.07) is -1.39. The van der Waals surface area contributed by atoms with Gasteiger partial charge in [0, 0.05) is 17.1 Å². The van der Waals surface area contributed by atoms with Crippen LogP contribution in [0.4, 0.5) is 0 Å². The van der Waals surface area contributed by atoms with Crippen molar-refractivity contribution in [3.05, 3.63) is 10.6 Å². The fraction of sp³-hybridized carbons (Fsp3) is 0.571. The molecule has 2 heterocycles. The minimum absolute atomic E-state index is 0. The van der Waals surface area contributed by atoms with Gasteiger partial charge in [0.2, 0.25) is 5.91 Å². The van der Waals surface area contributed by atoms with E-state index in [-0.39, 0.29) is 58.9 Å². The third-order valence-corrected chi connectivity index (χ3v) is 5.12. The normalized spacial score (nSPS) is 24.2. The van der Waals surface area contributed by atoms with Crippen LogP contribution in [0.1, 0.15) is 26.7 Å². The maximum Gasteiger partial charge on any atom is 1.00 e. The molecule has 0 spiro atoms. The van der Waals surface area contributed by atoms with E-state index < -0.39 is 23.9 Å². The van der Waals surface area contributed by atoms with Gasteiger partial charge in [-0.05, 0) is 19.2 Å². The first-order chi connectivity index (χ1) is 10.8. The van der Waals surface area contributed by atoms with Crippen LogP contribution < -0.4 is 34.7 Å². The Labute approximate surface area is 165 Å². The average Bonchev–Trinajstić information content (AvgIpc) is 2.78. The van der Waals surface area contributed by atoms with Crippen LogP contribution in [0.3, 0.4) is 0 Å². The molecule has 3 atom stereocenters. The predicted molar refractivity (Wildman–Crippen MR) is 80.7 cm³/mol. The molecule has 0 radical (unpaired) electrons. The second-order valence-electron chi connectivity index (χ2n) is 5.38. The van der Waals surface area contributed by atoms with Gasteiger partial charge in [-0.2, -0.15) is 0 Å². The van der Waals surface area contributed by atoms with E-state index >= 15 is 0 Å². The van der Waals surface area contributed by atoms with Gasteiger partial charge in [0.15, 0.2) is 6.04 Å². The second-order valence-corrected chi connectivity index (χ2v) is 6.50. The van der Waals surface area contributed by atoms with E-state index in [4.69, 9.17) is 5.11 Å². The summed E-state index contributed by atoms with van der Waals surface area (Å²) in [5.41, 5.74) is -0.0679. The molecular weight excluding hydrogens is 347 g/mol. The molecular formula is C14H17N2NaO6S. The molecule has 0 aromatic carbocycles. The molecule has 2 aliphatic heterocycles. The molecule has 24 heavy (non-hydrogen) atoms. The van der Waals surface area contributed by atoms with Gasteiger partial charge in [-0.3, -0.25) is 9.79 Å². The van der Waals surface area contributed by atoms with Crippen molar-refractivity contribution < 1.29 is 59.3 Å². The zero-order valence-electron chi connectivity index (χ0n) is 13.7. The van der Waals surface area contributed by atoms with Gasteiger partial charge in [-0.15, -0.1) is 11.8 Å². The number of carboxylic acid groups (broad SMARTS) is 2. The molecule has 0 aromatic rings. The number of carbonyl (C=O) groups is 3. The topological polar surface area (TPSA) is 130 Å². The summed E-state index contributed by atoms with van der Waals surface area (Å²) in [7, 11) is 0. The number of amides is 1. The Morgan fingerprint density at radius 2 is 2.08 bits per heavy atom. The molecule has 1 amide bonds. The molecule has 0 saturated carbocycles. The molecule has 1 saturated heterocycles. The molecule has 0 aliphatic carbocycles. The van der Waals surface area contributed by atoms with Crippen LogP contribution in [0.2, 0.25) is 0 Å². The number of hydrogen-bond donors (Lipinski definition) is 2. The maximum absolute atomic E-state index is 12.0. The van der Waals surface area contributed by atoms with Crippen molar-refractivity contribution in [2.75, 3.05) is 5.75 Å². The summed E-state index contributed by atoms with van der Waals surface area (Å²) < 4.78 is 0. The minimum Gasteiger partial charge on any atom is -0.862 e. The van der Waals surface area contributed by atoms with Gasteiger partial charge in [0.1, 0.15) is 5.70 Å². The van der Waals surface area contributed by atoms with Crippen molar-refractivity contribution in [1.29, 1.82) is 0 Å². The summed E-state index contributed by atoms with van der Waals surface area (Å²) in [5, 5.41) is 29.4. The number of carbonyl (C=O) groups excluding carboxylic acids is 1. The van der Waals surface area contributed by atoms with E-state index in [9.17, 15) is 24.6 Å². The molecule has 0 unspecified atom stereocenters. The van der Waals surface area contributed by atoms with E-state index in [1.807, 2.05) is 6.92 Å². The zero-order chi connectivity index (χ0) is 17.3. The number of aliphatic carboxylic acids is 2. The maximum atomic E-state index is 12.0. The Hall–Kier alpha value is -1.03. The fourth-order valence-corrected chi connectivity index (χ4v) is 4.08. The molecule has 0 aromatic heterocycles. The number of carboxylic acids is 2. The summed E-state index contributed by atoms with van der Waals surface area (Å²) in [4.78, 5) is 39.8. The van der Waals surface area contributed by atoms with Crippen LogP contribution in [0.25, 0.3) is 0 Å². The monoisotopic (exact) mass is 364 g/mol. The number of rotatable bonds is 7. The Morgan fingerprint density at radius 1 is 1.46 bits per heavy atom. The predicted octanol–water partition coefficient (Wildman–Crippen LogP) is -3.11.